The van der Waals surface area contributed by atoms with Crippen molar-refractivity contribution in [2.24, 2.45) is 10.2 Å². The fourth-order valence-electron chi connectivity index (χ4n) is 2.14. The molecule has 0 radical (unpaired) electrons. The molecular weight excluding hydrogens is 384 g/mol. The molecule has 0 aliphatic rings. The number of benzene rings is 2. The van der Waals surface area contributed by atoms with E-state index in [1.807, 2.05) is 71.5 Å². The summed E-state index contributed by atoms with van der Waals surface area (Å²) in [6.07, 6.45) is 5.29. The average molecular weight is 406 g/mol. The molecule has 2 atom stereocenters. The minimum Gasteiger partial charge on any atom is -0.380 e. The molecule has 8 heteroatoms. The highest BCUT2D eigenvalue weighted by Gasteiger charge is 2.30. The Hall–Kier alpha value is -3.88. The standard InChI is InChI=1S/C22H22N4O4/c27-19(21(29)25-23-15-7-13-17-9-3-1-4-10-17)20(28)22(30)26-24-16-8-14-18-11-5-2-6-12-18/h1-16,19-20,27-28H,(H,25,29)(H,26,30)/b13-7+,14-8+,23-15+,24-16+/t19-,20-/m1/s1. The summed E-state index contributed by atoms with van der Waals surface area (Å²) >= 11 is 0. The van der Waals surface area contributed by atoms with Crippen molar-refractivity contribution in [3.63, 3.8) is 0 Å². The lowest BCUT2D eigenvalue weighted by atomic mass is 10.2. The van der Waals surface area contributed by atoms with Crippen molar-refractivity contribution in [3.8, 4) is 0 Å². The number of carbonyl (C=O) groups is 2. The van der Waals surface area contributed by atoms with Crippen molar-refractivity contribution in [1.82, 2.24) is 10.9 Å². The van der Waals surface area contributed by atoms with Crippen molar-refractivity contribution in [3.05, 3.63) is 83.9 Å². The molecule has 0 aromatic heterocycles. The topological polar surface area (TPSA) is 123 Å². The monoisotopic (exact) mass is 406 g/mol. The van der Waals surface area contributed by atoms with Crippen LogP contribution in [0.4, 0.5) is 0 Å². The van der Waals surface area contributed by atoms with Gasteiger partial charge >= 0.3 is 0 Å². The van der Waals surface area contributed by atoms with E-state index in [2.05, 4.69) is 10.2 Å². The highest BCUT2D eigenvalue weighted by Crippen LogP contribution is 2.00. The molecular formula is C22H22N4O4. The molecule has 154 valence electrons. The Morgan fingerprint density at radius 3 is 1.43 bits per heavy atom. The van der Waals surface area contributed by atoms with Gasteiger partial charge in [-0.15, -0.1) is 0 Å². The molecule has 30 heavy (non-hydrogen) atoms. The third kappa shape index (κ3) is 8.01. The van der Waals surface area contributed by atoms with Gasteiger partial charge in [0.25, 0.3) is 11.8 Å². The number of nitrogens with zero attached hydrogens (tertiary/aromatic N) is 2. The molecule has 0 spiro atoms. The number of nitrogens with one attached hydrogen (secondary N) is 2. The maximum Gasteiger partial charge on any atom is 0.272 e. The molecule has 0 unspecified atom stereocenters. The van der Waals surface area contributed by atoms with Crippen molar-refractivity contribution in [2.75, 3.05) is 0 Å². The number of aliphatic hydroxyl groups excluding tert-OH is 2. The van der Waals surface area contributed by atoms with Crippen LogP contribution in [0.15, 0.2) is 83.0 Å². The molecule has 2 rings (SSSR count). The number of hydrazone groups is 2. The summed E-state index contributed by atoms with van der Waals surface area (Å²) in [5, 5.41) is 26.7. The van der Waals surface area contributed by atoms with Crippen LogP contribution >= 0.6 is 0 Å². The van der Waals surface area contributed by atoms with Gasteiger partial charge in [-0.05, 0) is 23.3 Å². The Morgan fingerprint density at radius 1 is 0.700 bits per heavy atom. The summed E-state index contributed by atoms with van der Waals surface area (Å²) in [6, 6.07) is 18.9. The van der Waals surface area contributed by atoms with E-state index < -0.39 is 24.0 Å². The quantitative estimate of drug-likeness (QED) is 0.371. The van der Waals surface area contributed by atoms with Gasteiger partial charge in [-0.25, -0.2) is 10.9 Å². The van der Waals surface area contributed by atoms with Gasteiger partial charge in [-0.1, -0.05) is 72.8 Å². The van der Waals surface area contributed by atoms with E-state index >= 15 is 0 Å². The van der Waals surface area contributed by atoms with Gasteiger partial charge in [0.05, 0.1) is 0 Å². The van der Waals surface area contributed by atoms with Crippen molar-refractivity contribution in [1.29, 1.82) is 0 Å². The fourth-order valence-corrected chi connectivity index (χ4v) is 2.14. The van der Waals surface area contributed by atoms with Crippen molar-refractivity contribution < 1.29 is 19.8 Å². The minimum absolute atomic E-state index is 0.946. The van der Waals surface area contributed by atoms with Crippen molar-refractivity contribution >= 4 is 36.4 Å². The third-order valence-corrected chi connectivity index (χ3v) is 3.68. The largest absolute Gasteiger partial charge is 0.380 e. The Kier molecular flexibility index (Phi) is 9.38. The number of rotatable bonds is 9. The van der Waals surface area contributed by atoms with E-state index in [1.54, 1.807) is 24.3 Å². The second kappa shape index (κ2) is 12.6. The predicted molar refractivity (Wildman–Crippen MR) is 116 cm³/mol. The van der Waals surface area contributed by atoms with Crippen LogP contribution in [0.2, 0.25) is 0 Å². The number of amides is 2. The summed E-state index contributed by atoms with van der Waals surface area (Å²) in [5.41, 5.74) is 5.97. The summed E-state index contributed by atoms with van der Waals surface area (Å²) in [7, 11) is 0. The molecule has 0 saturated heterocycles. The Morgan fingerprint density at radius 2 is 1.07 bits per heavy atom. The zero-order chi connectivity index (χ0) is 21.6. The first-order chi connectivity index (χ1) is 14.6. The molecule has 2 aromatic carbocycles. The number of allylic oxidation sites excluding steroid dienone is 2. The fraction of sp³-hybridized carbons (Fsp3) is 0.0909. The number of hydrogen-bond donors (Lipinski definition) is 4. The first kappa shape index (κ1) is 22.4. The Bertz CT molecular complexity index is 847. The first-order valence-corrected chi connectivity index (χ1v) is 9.03. The highest BCUT2D eigenvalue weighted by molar-refractivity contribution is 5.91. The zero-order valence-electron chi connectivity index (χ0n) is 16.0. The Labute approximate surface area is 174 Å². The second-order valence-corrected chi connectivity index (χ2v) is 5.94. The highest BCUT2D eigenvalue weighted by atomic mass is 16.3. The molecule has 2 aromatic rings. The van der Waals surface area contributed by atoms with E-state index in [0.717, 1.165) is 11.1 Å². The van der Waals surface area contributed by atoms with Crippen LogP contribution in [0.25, 0.3) is 12.2 Å². The van der Waals surface area contributed by atoms with Gasteiger partial charge in [-0.2, -0.15) is 10.2 Å². The van der Waals surface area contributed by atoms with Crippen LogP contribution in [0.3, 0.4) is 0 Å². The molecule has 2 amide bonds. The summed E-state index contributed by atoms with van der Waals surface area (Å²) in [5.74, 6) is -2.06. The lowest BCUT2D eigenvalue weighted by molar-refractivity contribution is -0.146. The van der Waals surface area contributed by atoms with E-state index in [0.29, 0.717) is 0 Å². The van der Waals surface area contributed by atoms with Gasteiger partial charge < -0.3 is 10.2 Å². The predicted octanol–water partition coefficient (Wildman–Crippen LogP) is 1.34. The smallest absolute Gasteiger partial charge is 0.272 e. The van der Waals surface area contributed by atoms with Gasteiger partial charge in [0.15, 0.2) is 12.2 Å². The SMILES string of the molecule is O=C(N/N=C/C=C/c1ccccc1)[C@H](O)[C@@H](O)C(=O)N/N=C/C=C/c1ccccc1. The maximum absolute atomic E-state index is 11.8. The van der Waals surface area contributed by atoms with Gasteiger partial charge in [-0.3, -0.25) is 9.59 Å². The lowest BCUT2D eigenvalue weighted by Gasteiger charge is -2.13. The number of carbonyl (C=O) groups excluding carboxylic acids is 2. The maximum atomic E-state index is 11.8. The molecule has 8 nitrogen and oxygen atoms in total. The molecule has 0 heterocycles. The zero-order valence-corrected chi connectivity index (χ0v) is 16.0. The average Bonchev–Trinajstić information content (AvgIpc) is 2.78. The van der Waals surface area contributed by atoms with Crippen molar-refractivity contribution in [2.45, 2.75) is 12.2 Å². The number of hydrogen-bond acceptors (Lipinski definition) is 6. The molecule has 4 N–H and O–H groups in total. The van der Waals surface area contributed by atoms with Gasteiger partial charge in [0.2, 0.25) is 0 Å². The van der Waals surface area contributed by atoms with Crippen LogP contribution in [0.1, 0.15) is 11.1 Å². The van der Waals surface area contributed by atoms with Crippen LogP contribution in [-0.2, 0) is 9.59 Å². The summed E-state index contributed by atoms with van der Waals surface area (Å²) < 4.78 is 0. The van der Waals surface area contributed by atoms with Crippen LogP contribution in [-0.4, -0.2) is 46.7 Å². The molecule has 0 bridgehead atoms. The lowest BCUT2D eigenvalue weighted by Crippen LogP contribution is -2.47. The van der Waals surface area contributed by atoms with Crippen LogP contribution in [0, 0.1) is 0 Å². The van der Waals surface area contributed by atoms with Crippen LogP contribution < -0.4 is 10.9 Å². The second-order valence-electron chi connectivity index (χ2n) is 5.94. The first-order valence-electron chi connectivity index (χ1n) is 9.03. The van der Waals surface area contributed by atoms with E-state index in [9.17, 15) is 19.8 Å². The van der Waals surface area contributed by atoms with E-state index in [1.165, 1.54) is 12.4 Å². The molecule has 0 saturated carbocycles. The summed E-state index contributed by atoms with van der Waals surface area (Å²) in [4.78, 5) is 23.5. The minimum atomic E-state index is -2.00. The Balaban J connectivity index is 1.74. The third-order valence-electron chi connectivity index (χ3n) is 3.68. The van der Waals surface area contributed by atoms with Gasteiger partial charge in [0, 0.05) is 12.4 Å². The molecule has 0 aliphatic heterocycles. The molecule has 0 aliphatic carbocycles. The summed E-state index contributed by atoms with van der Waals surface area (Å²) in [6.45, 7) is 0. The molecule has 0 fully saturated rings. The van der Waals surface area contributed by atoms with E-state index in [4.69, 9.17) is 0 Å². The number of aliphatic hydroxyl groups is 2. The van der Waals surface area contributed by atoms with Crippen LogP contribution in [0.5, 0.6) is 0 Å². The normalized spacial score (nSPS) is 13.8. The van der Waals surface area contributed by atoms with Gasteiger partial charge in [0.1, 0.15) is 0 Å². The van der Waals surface area contributed by atoms with E-state index in [-0.39, 0.29) is 0 Å².